The van der Waals surface area contributed by atoms with Gasteiger partial charge in [-0.3, -0.25) is 0 Å². The zero-order valence-electron chi connectivity index (χ0n) is 9.19. The van der Waals surface area contributed by atoms with Crippen LogP contribution in [0.1, 0.15) is 25.3 Å². The van der Waals surface area contributed by atoms with Crippen molar-refractivity contribution in [2.24, 2.45) is 0 Å². The van der Waals surface area contributed by atoms with Gasteiger partial charge in [0.15, 0.2) is 0 Å². The van der Waals surface area contributed by atoms with Gasteiger partial charge in [-0.2, -0.15) is 0 Å². The molecule has 0 heterocycles. The lowest BCUT2D eigenvalue weighted by Crippen LogP contribution is -2.24. The van der Waals surface area contributed by atoms with Gasteiger partial charge in [0, 0.05) is 10.5 Å². The first kappa shape index (κ1) is 12.7. The number of rotatable bonds is 5. The van der Waals surface area contributed by atoms with Gasteiger partial charge in [-0.15, -0.1) is 0 Å². The molecule has 1 atom stereocenters. The summed E-state index contributed by atoms with van der Waals surface area (Å²) in [7, 11) is 1.95. The van der Waals surface area contributed by atoms with Crippen LogP contribution in [0, 0.1) is 5.82 Å². The molecule has 1 nitrogen and oxygen atoms in total. The zero-order chi connectivity index (χ0) is 11.3. The molecule has 3 heteroatoms. The Kier molecular flexibility index (Phi) is 5.26. The lowest BCUT2D eigenvalue weighted by molar-refractivity contribution is 0.500. The standard InChI is InChI=1S/C12H17BrFN/c1-3-11(15-2)6-4-9-8-10(13)5-7-12(9)14/h5,7-8,11,15H,3-4,6H2,1-2H3. The van der Waals surface area contributed by atoms with Gasteiger partial charge in [0.25, 0.3) is 0 Å². The number of benzene rings is 1. The summed E-state index contributed by atoms with van der Waals surface area (Å²) < 4.78 is 14.3. The Hall–Kier alpha value is -0.410. The summed E-state index contributed by atoms with van der Waals surface area (Å²) in [6.45, 7) is 2.14. The van der Waals surface area contributed by atoms with Crippen LogP contribution in [0.4, 0.5) is 4.39 Å². The highest BCUT2D eigenvalue weighted by Crippen LogP contribution is 2.17. The van der Waals surface area contributed by atoms with Crippen molar-refractivity contribution in [3.63, 3.8) is 0 Å². The Bertz CT molecular complexity index is 310. The molecule has 1 aromatic rings. The Morgan fingerprint density at radius 3 is 2.80 bits per heavy atom. The number of halogens is 2. The predicted octanol–water partition coefficient (Wildman–Crippen LogP) is 3.52. The summed E-state index contributed by atoms with van der Waals surface area (Å²) in [5, 5.41) is 3.22. The fourth-order valence-corrected chi connectivity index (χ4v) is 2.03. The van der Waals surface area contributed by atoms with Crippen LogP contribution < -0.4 is 5.32 Å². The second-order valence-corrected chi connectivity index (χ2v) is 4.58. The smallest absolute Gasteiger partial charge is 0.126 e. The molecule has 0 aliphatic carbocycles. The monoisotopic (exact) mass is 273 g/mol. The highest BCUT2D eigenvalue weighted by atomic mass is 79.9. The molecule has 0 saturated carbocycles. The van der Waals surface area contributed by atoms with Crippen LogP contribution in [0.15, 0.2) is 22.7 Å². The molecule has 1 unspecified atom stereocenters. The highest BCUT2D eigenvalue weighted by Gasteiger charge is 2.07. The minimum Gasteiger partial charge on any atom is -0.317 e. The lowest BCUT2D eigenvalue weighted by atomic mass is 10.0. The minimum absolute atomic E-state index is 0.107. The van der Waals surface area contributed by atoms with Crippen molar-refractivity contribution in [3.8, 4) is 0 Å². The third kappa shape index (κ3) is 3.92. The van der Waals surface area contributed by atoms with E-state index in [0.717, 1.165) is 29.3 Å². The van der Waals surface area contributed by atoms with Crippen LogP contribution in [0.3, 0.4) is 0 Å². The molecule has 0 bridgehead atoms. The van der Waals surface area contributed by atoms with E-state index in [1.165, 1.54) is 6.07 Å². The Morgan fingerprint density at radius 1 is 1.47 bits per heavy atom. The van der Waals surface area contributed by atoms with E-state index >= 15 is 0 Å². The fraction of sp³-hybridized carbons (Fsp3) is 0.500. The molecule has 0 aliphatic heterocycles. The minimum atomic E-state index is -0.107. The second-order valence-electron chi connectivity index (χ2n) is 3.67. The van der Waals surface area contributed by atoms with Crippen LogP contribution in [0.2, 0.25) is 0 Å². The van der Waals surface area contributed by atoms with E-state index in [4.69, 9.17) is 0 Å². The molecular weight excluding hydrogens is 257 g/mol. The number of aryl methyl sites for hydroxylation is 1. The van der Waals surface area contributed by atoms with Gasteiger partial charge >= 0.3 is 0 Å². The normalized spacial score (nSPS) is 12.8. The Balaban J connectivity index is 2.60. The van der Waals surface area contributed by atoms with E-state index < -0.39 is 0 Å². The second kappa shape index (κ2) is 6.23. The third-order valence-corrected chi connectivity index (χ3v) is 3.16. The molecule has 0 spiro atoms. The number of hydrogen-bond donors (Lipinski definition) is 1. The summed E-state index contributed by atoms with van der Waals surface area (Å²) in [4.78, 5) is 0. The van der Waals surface area contributed by atoms with Crippen molar-refractivity contribution in [1.82, 2.24) is 5.32 Å². The Labute approximate surface area is 99.2 Å². The first-order chi connectivity index (χ1) is 7.17. The summed E-state index contributed by atoms with van der Waals surface area (Å²) >= 11 is 3.36. The first-order valence-electron chi connectivity index (χ1n) is 5.28. The van der Waals surface area contributed by atoms with E-state index in [1.54, 1.807) is 6.07 Å². The van der Waals surface area contributed by atoms with Gasteiger partial charge in [-0.1, -0.05) is 22.9 Å². The molecule has 15 heavy (non-hydrogen) atoms. The fourth-order valence-electron chi connectivity index (χ4n) is 1.62. The van der Waals surface area contributed by atoms with E-state index in [1.807, 2.05) is 13.1 Å². The number of nitrogens with one attached hydrogen (secondary N) is 1. The van der Waals surface area contributed by atoms with E-state index in [-0.39, 0.29) is 5.82 Å². The van der Waals surface area contributed by atoms with Crippen molar-refractivity contribution in [1.29, 1.82) is 0 Å². The zero-order valence-corrected chi connectivity index (χ0v) is 10.8. The molecule has 1 N–H and O–H groups in total. The number of hydrogen-bond acceptors (Lipinski definition) is 1. The first-order valence-corrected chi connectivity index (χ1v) is 6.07. The lowest BCUT2D eigenvalue weighted by Gasteiger charge is -2.13. The van der Waals surface area contributed by atoms with Crippen LogP contribution in [0.5, 0.6) is 0 Å². The van der Waals surface area contributed by atoms with E-state index in [2.05, 4.69) is 28.2 Å². The van der Waals surface area contributed by atoms with Crippen LogP contribution in [-0.2, 0) is 6.42 Å². The van der Waals surface area contributed by atoms with Gasteiger partial charge in [0.2, 0.25) is 0 Å². The SMILES string of the molecule is CCC(CCc1cc(Br)ccc1F)NC. The van der Waals surface area contributed by atoms with Crippen molar-refractivity contribution in [3.05, 3.63) is 34.1 Å². The summed E-state index contributed by atoms with van der Waals surface area (Å²) in [6.07, 6.45) is 2.83. The van der Waals surface area contributed by atoms with E-state index in [9.17, 15) is 4.39 Å². The average molecular weight is 274 g/mol. The average Bonchev–Trinajstić information content (AvgIpc) is 2.24. The molecule has 0 aromatic heterocycles. The van der Waals surface area contributed by atoms with Gasteiger partial charge in [0.05, 0.1) is 0 Å². The van der Waals surface area contributed by atoms with Crippen LogP contribution in [0.25, 0.3) is 0 Å². The third-order valence-electron chi connectivity index (χ3n) is 2.67. The molecule has 0 amide bonds. The Morgan fingerprint density at radius 2 is 2.20 bits per heavy atom. The largest absolute Gasteiger partial charge is 0.317 e. The van der Waals surface area contributed by atoms with Gasteiger partial charge in [-0.25, -0.2) is 4.39 Å². The maximum absolute atomic E-state index is 13.4. The quantitative estimate of drug-likeness (QED) is 0.866. The van der Waals surface area contributed by atoms with Crippen molar-refractivity contribution in [2.75, 3.05) is 7.05 Å². The topological polar surface area (TPSA) is 12.0 Å². The van der Waals surface area contributed by atoms with Crippen molar-refractivity contribution in [2.45, 2.75) is 32.2 Å². The van der Waals surface area contributed by atoms with Crippen LogP contribution in [-0.4, -0.2) is 13.1 Å². The van der Waals surface area contributed by atoms with Gasteiger partial charge < -0.3 is 5.32 Å². The summed E-state index contributed by atoms with van der Waals surface area (Å²) in [6, 6.07) is 5.58. The molecule has 1 rings (SSSR count). The van der Waals surface area contributed by atoms with Crippen molar-refractivity contribution >= 4 is 15.9 Å². The molecule has 1 aromatic carbocycles. The van der Waals surface area contributed by atoms with Gasteiger partial charge in [0.1, 0.15) is 5.82 Å². The van der Waals surface area contributed by atoms with Gasteiger partial charge in [-0.05, 0) is 50.1 Å². The molecule has 0 fully saturated rings. The molecule has 0 radical (unpaired) electrons. The molecular formula is C12H17BrFN. The maximum atomic E-state index is 13.4. The molecule has 84 valence electrons. The summed E-state index contributed by atoms with van der Waals surface area (Å²) in [5.41, 5.74) is 0.790. The highest BCUT2D eigenvalue weighted by molar-refractivity contribution is 9.10. The van der Waals surface area contributed by atoms with Crippen molar-refractivity contribution < 1.29 is 4.39 Å². The van der Waals surface area contributed by atoms with Crippen LogP contribution >= 0.6 is 15.9 Å². The predicted molar refractivity (Wildman–Crippen MR) is 65.6 cm³/mol. The maximum Gasteiger partial charge on any atom is 0.126 e. The molecule has 0 saturated heterocycles. The van der Waals surface area contributed by atoms with E-state index in [0.29, 0.717) is 6.04 Å². The summed E-state index contributed by atoms with van der Waals surface area (Å²) in [5.74, 6) is -0.107. The molecule has 0 aliphatic rings.